The third kappa shape index (κ3) is 3.72. The number of piperidine rings is 1. The summed E-state index contributed by atoms with van der Waals surface area (Å²) in [5.74, 6) is 0.150. The van der Waals surface area contributed by atoms with E-state index in [0.717, 1.165) is 19.3 Å². The van der Waals surface area contributed by atoms with Gasteiger partial charge in [0.05, 0.1) is 13.5 Å². The van der Waals surface area contributed by atoms with Crippen molar-refractivity contribution in [3.05, 3.63) is 18.3 Å². The predicted octanol–water partition coefficient (Wildman–Crippen LogP) is 1.41. The number of carbonyl (C=O) groups is 1. The number of hydrogen-bond acceptors (Lipinski definition) is 6. The van der Waals surface area contributed by atoms with Gasteiger partial charge in [-0.1, -0.05) is 0 Å². The molecule has 0 aliphatic carbocycles. The van der Waals surface area contributed by atoms with Gasteiger partial charge in [0.25, 0.3) is 0 Å². The van der Waals surface area contributed by atoms with Crippen LogP contribution in [0.3, 0.4) is 0 Å². The van der Waals surface area contributed by atoms with Crippen LogP contribution in [0.15, 0.2) is 23.2 Å². The zero-order valence-electron chi connectivity index (χ0n) is 12.3. The zero-order valence-corrected chi connectivity index (χ0v) is 13.1. The lowest BCUT2D eigenvalue weighted by Gasteiger charge is -2.36. The Labute approximate surface area is 125 Å². The summed E-state index contributed by atoms with van der Waals surface area (Å²) >= 11 is 0. The van der Waals surface area contributed by atoms with Gasteiger partial charge in [0.15, 0.2) is 9.84 Å². The second-order valence-corrected chi connectivity index (χ2v) is 7.20. The second-order valence-electron chi connectivity index (χ2n) is 5.22. The molecule has 0 bridgehead atoms. The first-order valence-electron chi connectivity index (χ1n) is 6.92. The highest BCUT2D eigenvalue weighted by atomic mass is 32.2. The summed E-state index contributed by atoms with van der Waals surface area (Å²) in [6.07, 6.45) is 5.79. The summed E-state index contributed by atoms with van der Waals surface area (Å²) in [5, 5.41) is 0. The van der Waals surface area contributed by atoms with Crippen LogP contribution in [-0.4, -0.2) is 45.3 Å². The van der Waals surface area contributed by atoms with E-state index in [1.54, 1.807) is 18.3 Å². The van der Waals surface area contributed by atoms with Crippen LogP contribution in [0.4, 0.5) is 5.82 Å². The van der Waals surface area contributed by atoms with Gasteiger partial charge in [0, 0.05) is 25.0 Å². The van der Waals surface area contributed by atoms with E-state index in [1.165, 1.54) is 13.4 Å². The summed E-state index contributed by atoms with van der Waals surface area (Å²) in [6.45, 7) is 0.696. The lowest BCUT2D eigenvalue weighted by Crippen LogP contribution is -2.42. The molecule has 7 heteroatoms. The van der Waals surface area contributed by atoms with E-state index < -0.39 is 9.84 Å². The quantitative estimate of drug-likeness (QED) is 0.782. The number of nitrogens with zero attached hydrogens (tertiary/aromatic N) is 2. The first kappa shape index (κ1) is 15.8. The van der Waals surface area contributed by atoms with E-state index in [1.807, 2.05) is 4.90 Å². The van der Waals surface area contributed by atoms with Crippen LogP contribution in [0.1, 0.15) is 25.7 Å². The number of aromatic nitrogens is 1. The molecule has 1 fully saturated rings. The lowest BCUT2D eigenvalue weighted by atomic mass is 9.99. The molecule has 0 N–H and O–H groups in total. The predicted molar refractivity (Wildman–Crippen MR) is 79.0 cm³/mol. The van der Waals surface area contributed by atoms with Gasteiger partial charge in [-0.15, -0.1) is 0 Å². The zero-order chi connectivity index (χ0) is 15.5. The smallest absolute Gasteiger partial charge is 0.307 e. The Morgan fingerprint density at radius 2 is 2.24 bits per heavy atom. The molecule has 1 saturated heterocycles. The van der Waals surface area contributed by atoms with Crippen molar-refractivity contribution in [2.75, 3.05) is 24.8 Å². The molecule has 2 heterocycles. The number of esters is 1. The Morgan fingerprint density at radius 1 is 1.48 bits per heavy atom. The molecule has 0 spiro atoms. The molecule has 1 aliphatic heterocycles. The van der Waals surface area contributed by atoms with E-state index in [0.29, 0.717) is 12.4 Å². The highest BCUT2D eigenvalue weighted by Gasteiger charge is 2.29. The van der Waals surface area contributed by atoms with Gasteiger partial charge >= 0.3 is 5.97 Å². The number of methoxy groups -OCH3 is 1. The number of rotatable bonds is 4. The minimum atomic E-state index is -3.36. The molecule has 1 aliphatic rings. The fourth-order valence-electron chi connectivity index (χ4n) is 2.65. The minimum Gasteiger partial charge on any atom is -0.469 e. The van der Waals surface area contributed by atoms with Gasteiger partial charge in [0.1, 0.15) is 10.7 Å². The van der Waals surface area contributed by atoms with Crippen molar-refractivity contribution in [2.24, 2.45) is 0 Å². The van der Waals surface area contributed by atoms with Gasteiger partial charge in [-0.25, -0.2) is 13.4 Å². The Hall–Kier alpha value is -1.63. The second kappa shape index (κ2) is 6.43. The maximum Gasteiger partial charge on any atom is 0.307 e. The molecule has 21 heavy (non-hydrogen) atoms. The van der Waals surface area contributed by atoms with Crippen LogP contribution in [0.2, 0.25) is 0 Å². The molecule has 6 nitrogen and oxygen atoms in total. The lowest BCUT2D eigenvalue weighted by molar-refractivity contribution is -0.141. The standard InChI is InChI=1S/C14H20N2O4S/c1-20-13(17)10-11-6-3-4-9-16(11)14-12(21(2,18)19)7-5-8-15-14/h5,7-8,11H,3-4,6,9-10H2,1-2H3. The van der Waals surface area contributed by atoms with Gasteiger partial charge in [-0.2, -0.15) is 0 Å². The topological polar surface area (TPSA) is 76.6 Å². The Kier molecular flexibility index (Phi) is 4.82. The highest BCUT2D eigenvalue weighted by Crippen LogP contribution is 2.30. The monoisotopic (exact) mass is 312 g/mol. The summed E-state index contributed by atoms with van der Waals surface area (Å²) in [6, 6.07) is 3.10. The molecule has 1 atom stereocenters. The number of pyridine rings is 1. The fraction of sp³-hybridized carbons (Fsp3) is 0.571. The average molecular weight is 312 g/mol. The average Bonchev–Trinajstić information content (AvgIpc) is 2.47. The summed E-state index contributed by atoms with van der Waals surface area (Å²) in [7, 11) is -2.00. The van der Waals surface area contributed by atoms with Crippen molar-refractivity contribution in [1.29, 1.82) is 0 Å². The van der Waals surface area contributed by atoms with Crippen LogP contribution in [0.25, 0.3) is 0 Å². The van der Waals surface area contributed by atoms with E-state index in [2.05, 4.69) is 4.98 Å². The van der Waals surface area contributed by atoms with Gasteiger partial charge < -0.3 is 9.64 Å². The van der Waals surface area contributed by atoms with Crippen molar-refractivity contribution >= 4 is 21.6 Å². The van der Waals surface area contributed by atoms with E-state index in [4.69, 9.17) is 4.74 Å². The minimum absolute atomic E-state index is 0.0680. The maximum absolute atomic E-state index is 11.9. The molecule has 0 saturated carbocycles. The third-order valence-electron chi connectivity index (χ3n) is 3.68. The van der Waals surface area contributed by atoms with E-state index in [-0.39, 0.29) is 23.3 Å². The number of ether oxygens (including phenoxy) is 1. The third-order valence-corrected chi connectivity index (χ3v) is 4.80. The molecular weight excluding hydrogens is 292 g/mol. The molecule has 116 valence electrons. The van der Waals surface area contributed by atoms with Gasteiger partial charge in [0.2, 0.25) is 0 Å². The van der Waals surface area contributed by atoms with E-state index in [9.17, 15) is 13.2 Å². The molecule has 0 amide bonds. The number of carbonyl (C=O) groups excluding carboxylic acids is 1. The van der Waals surface area contributed by atoms with Crippen molar-refractivity contribution in [3.63, 3.8) is 0 Å². The highest BCUT2D eigenvalue weighted by molar-refractivity contribution is 7.90. The van der Waals surface area contributed by atoms with Crippen LogP contribution in [0.5, 0.6) is 0 Å². The number of sulfone groups is 1. The Morgan fingerprint density at radius 3 is 2.90 bits per heavy atom. The molecular formula is C14H20N2O4S. The van der Waals surface area contributed by atoms with Crippen LogP contribution >= 0.6 is 0 Å². The van der Waals surface area contributed by atoms with Crippen LogP contribution in [-0.2, 0) is 19.4 Å². The van der Waals surface area contributed by atoms with Gasteiger partial charge in [-0.05, 0) is 31.4 Å². The van der Waals surface area contributed by atoms with Crippen LogP contribution < -0.4 is 4.90 Å². The molecule has 0 radical (unpaired) electrons. The van der Waals surface area contributed by atoms with Crippen molar-refractivity contribution in [3.8, 4) is 0 Å². The molecule has 2 rings (SSSR count). The SMILES string of the molecule is COC(=O)CC1CCCCN1c1ncccc1S(C)(=O)=O. The van der Waals surface area contributed by atoms with Gasteiger partial charge in [-0.3, -0.25) is 4.79 Å². The normalized spacial score (nSPS) is 19.3. The first-order chi connectivity index (χ1) is 9.93. The first-order valence-corrected chi connectivity index (χ1v) is 8.81. The fourth-order valence-corrected chi connectivity index (χ4v) is 3.48. The summed E-state index contributed by atoms with van der Waals surface area (Å²) in [4.78, 5) is 17.9. The molecule has 1 aromatic rings. The van der Waals surface area contributed by atoms with Crippen molar-refractivity contribution in [1.82, 2.24) is 4.98 Å². The Balaban J connectivity index is 2.36. The van der Waals surface area contributed by atoms with Crippen LogP contribution in [0, 0.1) is 0 Å². The Bertz CT molecular complexity index is 615. The van der Waals surface area contributed by atoms with Crippen molar-refractivity contribution in [2.45, 2.75) is 36.6 Å². The summed E-state index contributed by atoms with van der Waals surface area (Å²) in [5.41, 5.74) is 0. The molecule has 1 unspecified atom stereocenters. The molecule has 0 aromatic carbocycles. The largest absolute Gasteiger partial charge is 0.469 e. The number of anilines is 1. The van der Waals surface area contributed by atoms with E-state index >= 15 is 0 Å². The van der Waals surface area contributed by atoms with Crippen molar-refractivity contribution < 1.29 is 17.9 Å². The molecule has 1 aromatic heterocycles. The summed E-state index contributed by atoms with van der Waals surface area (Å²) < 4.78 is 28.6. The maximum atomic E-state index is 11.9. The number of hydrogen-bond donors (Lipinski definition) is 0.